The van der Waals surface area contributed by atoms with Crippen molar-refractivity contribution in [1.82, 2.24) is 14.9 Å². The van der Waals surface area contributed by atoms with Gasteiger partial charge in [-0.3, -0.25) is 9.78 Å². The van der Waals surface area contributed by atoms with Crippen molar-refractivity contribution in [3.05, 3.63) is 36.2 Å². The number of nitrogens with one attached hydrogen (secondary N) is 1. The summed E-state index contributed by atoms with van der Waals surface area (Å²) in [6, 6.07) is 7.04. The number of likely N-dealkylation sites (tertiary alicyclic amines) is 1. The number of carbonyl (C=O) groups excluding carboxylic acids is 2. The minimum Gasteiger partial charge on any atom is -0.484 e. The minimum absolute atomic E-state index is 0.0514. The summed E-state index contributed by atoms with van der Waals surface area (Å²) < 4.78 is 26.0. The lowest BCUT2D eigenvalue weighted by atomic mass is 10.1. The summed E-state index contributed by atoms with van der Waals surface area (Å²) >= 11 is 0. The summed E-state index contributed by atoms with van der Waals surface area (Å²) in [6.45, 7) is 5.39. The van der Waals surface area contributed by atoms with Crippen molar-refractivity contribution in [2.75, 3.05) is 18.4 Å². The van der Waals surface area contributed by atoms with Crippen molar-refractivity contribution < 1.29 is 23.5 Å². The second-order valence-electron chi connectivity index (χ2n) is 9.76. The first kappa shape index (κ1) is 24.4. The van der Waals surface area contributed by atoms with Crippen LogP contribution < -0.4 is 10.1 Å². The van der Waals surface area contributed by atoms with Crippen LogP contribution in [-0.2, 0) is 9.53 Å². The number of nitrogens with zero attached hydrogens (tertiary/aromatic N) is 4. The molecule has 2 atom stereocenters. The molecule has 1 aliphatic carbocycles. The summed E-state index contributed by atoms with van der Waals surface area (Å²) in [5, 5.41) is 12.5. The van der Waals surface area contributed by atoms with Crippen LogP contribution >= 0.6 is 0 Å². The van der Waals surface area contributed by atoms with E-state index >= 15 is 0 Å². The van der Waals surface area contributed by atoms with E-state index < -0.39 is 24.0 Å². The van der Waals surface area contributed by atoms with E-state index in [1.807, 2.05) is 0 Å². The Morgan fingerprint density at radius 2 is 2.00 bits per heavy atom. The molecule has 4 rings (SSSR count). The number of ether oxygens (including phenoxy) is 2. The number of alkyl halides is 1. The standard InChI is InChI=1S/C25H28FN5O4/c1-25(2,3)35-24(33)31-9-7-20(18(26)14-31)34-21-13-29-19(10-17(21)12-27)16-6-8-28-22(11-16)30-23(32)15-4-5-15/h6,8,10-11,13,15,18,20H,4-5,7,9,14H2,1-3H3,(H,28,30,32)/t18-,20+/m1/s1. The van der Waals surface area contributed by atoms with Gasteiger partial charge in [0.2, 0.25) is 5.91 Å². The summed E-state index contributed by atoms with van der Waals surface area (Å²) in [4.78, 5) is 34.1. The van der Waals surface area contributed by atoms with Crippen LogP contribution in [0.3, 0.4) is 0 Å². The molecule has 35 heavy (non-hydrogen) atoms. The Morgan fingerprint density at radius 3 is 2.66 bits per heavy atom. The highest BCUT2D eigenvalue weighted by atomic mass is 19.1. The maximum Gasteiger partial charge on any atom is 0.410 e. The van der Waals surface area contributed by atoms with Gasteiger partial charge < -0.3 is 19.7 Å². The molecular weight excluding hydrogens is 453 g/mol. The topological polar surface area (TPSA) is 117 Å². The van der Waals surface area contributed by atoms with Crippen LogP contribution in [-0.4, -0.2) is 57.8 Å². The quantitative estimate of drug-likeness (QED) is 0.683. The number of amides is 2. The Hall–Kier alpha value is -3.74. The lowest BCUT2D eigenvalue weighted by Gasteiger charge is -2.35. The Balaban J connectivity index is 1.43. The fourth-order valence-electron chi connectivity index (χ4n) is 3.69. The van der Waals surface area contributed by atoms with E-state index in [0.717, 1.165) is 12.8 Å². The average Bonchev–Trinajstić information content (AvgIpc) is 3.65. The molecule has 2 aliphatic rings. The highest BCUT2D eigenvalue weighted by molar-refractivity contribution is 5.93. The molecule has 3 heterocycles. The molecule has 0 aromatic carbocycles. The van der Waals surface area contributed by atoms with Gasteiger partial charge in [-0.2, -0.15) is 5.26 Å². The summed E-state index contributed by atoms with van der Waals surface area (Å²) in [5.41, 5.74) is 0.708. The largest absolute Gasteiger partial charge is 0.484 e. The molecule has 1 saturated heterocycles. The normalized spacial score (nSPS) is 20.0. The summed E-state index contributed by atoms with van der Waals surface area (Å²) in [5.74, 6) is 0.584. The van der Waals surface area contributed by atoms with Gasteiger partial charge in [-0.25, -0.2) is 14.2 Å². The number of nitriles is 1. The Labute approximate surface area is 203 Å². The zero-order valence-electron chi connectivity index (χ0n) is 20.0. The van der Waals surface area contributed by atoms with E-state index in [1.165, 1.54) is 11.1 Å². The first-order valence-corrected chi connectivity index (χ1v) is 11.6. The third-order valence-electron chi connectivity index (χ3n) is 5.65. The zero-order chi connectivity index (χ0) is 25.2. The van der Waals surface area contributed by atoms with E-state index in [1.54, 1.807) is 45.2 Å². The fourth-order valence-corrected chi connectivity index (χ4v) is 3.69. The molecule has 2 amide bonds. The molecule has 184 valence electrons. The van der Waals surface area contributed by atoms with E-state index in [9.17, 15) is 19.2 Å². The van der Waals surface area contributed by atoms with Crippen molar-refractivity contribution in [2.24, 2.45) is 5.92 Å². The molecule has 0 radical (unpaired) electrons. The van der Waals surface area contributed by atoms with Gasteiger partial charge in [-0.1, -0.05) is 0 Å². The minimum atomic E-state index is -1.44. The number of halogens is 1. The van der Waals surface area contributed by atoms with E-state index in [-0.39, 0.29) is 42.6 Å². The van der Waals surface area contributed by atoms with Crippen LogP contribution in [0, 0.1) is 17.2 Å². The van der Waals surface area contributed by atoms with Crippen molar-refractivity contribution in [3.8, 4) is 23.1 Å². The number of pyridine rings is 2. The van der Waals surface area contributed by atoms with Gasteiger partial charge in [0.1, 0.15) is 23.6 Å². The number of anilines is 1. The molecule has 9 nitrogen and oxygen atoms in total. The Kier molecular flexibility index (Phi) is 6.87. The van der Waals surface area contributed by atoms with Crippen LogP contribution in [0.2, 0.25) is 0 Å². The molecule has 0 spiro atoms. The van der Waals surface area contributed by atoms with E-state index in [4.69, 9.17) is 9.47 Å². The Bertz CT molecular complexity index is 1160. The lowest BCUT2D eigenvalue weighted by Crippen LogP contribution is -2.50. The zero-order valence-corrected chi connectivity index (χ0v) is 20.0. The van der Waals surface area contributed by atoms with Gasteiger partial charge in [0.15, 0.2) is 11.9 Å². The number of aromatic nitrogens is 2. The SMILES string of the molecule is CC(C)(C)OC(=O)N1CC[C@H](Oc2cnc(-c3ccnc(NC(=O)C4CC4)c3)cc2C#N)[C@H](F)C1. The maximum atomic E-state index is 14.8. The molecule has 2 fully saturated rings. The highest BCUT2D eigenvalue weighted by Gasteiger charge is 2.35. The first-order chi connectivity index (χ1) is 16.6. The number of hydrogen-bond acceptors (Lipinski definition) is 7. The number of carbonyl (C=O) groups is 2. The van der Waals surface area contributed by atoms with Gasteiger partial charge >= 0.3 is 6.09 Å². The molecule has 2 aromatic heterocycles. The van der Waals surface area contributed by atoms with Crippen LogP contribution in [0.15, 0.2) is 30.6 Å². The van der Waals surface area contributed by atoms with Crippen molar-refractivity contribution in [1.29, 1.82) is 5.26 Å². The number of rotatable bonds is 5. The predicted molar refractivity (Wildman–Crippen MR) is 125 cm³/mol. The monoisotopic (exact) mass is 481 g/mol. The molecule has 0 unspecified atom stereocenters. The molecular formula is C25H28FN5O4. The molecule has 1 N–H and O–H groups in total. The van der Waals surface area contributed by atoms with Crippen LogP contribution in [0.5, 0.6) is 5.75 Å². The van der Waals surface area contributed by atoms with Gasteiger partial charge in [-0.15, -0.1) is 0 Å². The summed E-state index contributed by atoms with van der Waals surface area (Å²) in [6.07, 6.45) is 2.15. The number of piperidine rings is 1. The number of hydrogen-bond donors (Lipinski definition) is 1. The summed E-state index contributed by atoms with van der Waals surface area (Å²) in [7, 11) is 0. The molecule has 10 heteroatoms. The third-order valence-corrected chi connectivity index (χ3v) is 5.65. The van der Waals surface area contributed by atoms with E-state index in [2.05, 4.69) is 21.4 Å². The van der Waals surface area contributed by atoms with Gasteiger partial charge in [-0.05, 0) is 51.8 Å². The van der Waals surface area contributed by atoms with Crippen molar-refractivity contribution >= 4 is 17.8 Å². The molecule has 1 aliphatic heterocycles. The predicted octanol–water partition coefficient (Wildman–Crippen LogP) is 4.09. The molecule has 1 saturated carbocycles. The second-order valence-corrected chi connectivity index (χ2v) is 9.76. The van der Waals surface area contributed by atoms with Crippen LogP contribution in [0.4, 0.5) is 15.0 Å². The van der Waals surface area contributed by atoms with Crippen molar-refractivity contribution in [3.63, 3.8) is 0 Å². The van der Waals surface area contributed by atoms with E-state index in [0.29, 0.717) is 17.1 Å². The Morgan fingerprint density at radius 1 is 1.23 bits per heavy atom. The second kappa shape index (κ2) is 9.86. The smallest absolute Gasteiger partial charge is 0.410 e. The third kappa shape index (κ3) is 6.23. The van der Waals surface area contributed by atoms with Gasteiger partial charge in [0.05, 0.1) is 24.0 Å². The highest BCUT2D eigenvalue weighted by Crippen LogP contribution is 2.31. The van der Waals surface area contributed by atoms with Gasteiger partial charge in [0, 0.05) is 30.6 Å². The molecule has 2 aromatic rings. The average molecular weight is 482 g/mol. The van der Waals surface area contributed by atoms with Crippen LogP contribution in [0.1, 0.15) is 45.6 Å². The van der Waals surface area contributed by atoms with Crippen molar-refractivity contribution in [2.45, 2.75) is 57.9 Å². The van der Waals surface area contributed by atoms with Gasteiger partial charge in [0.25, 0.3) is 0 Å². The lowest BCUT2D eigenvalue weighted by molar-refractivity contribution is -0.117. The maximum absolute atomic E-state index is 14.8. The first-order valence-electron chi connectivity index (χ1n) is 11.6. The van der Waals surface area contributed by atoms with Crippen LogP contribution in [0.25, 0.3) is 11.3 Å². The molecule has 0 bridgehead atoms. The fraction of sp³-hybridized carbons (Fsp3) is 0.480.